The number of piperidine rings is 1. The van der Waals surface area contributed by atoms with Crippen LogP contribution in [0.1, 0.15) is 26.2 Å². The first-order valence-corrected chi connectivity index (χ1v) is 4.83. The number of carbonyl (C=O) groups excluding carboxylic acids is 1. The van der Waals surface area contributed by atoms with Crippen molar-refractivity contribution < 1.29 is 14.7 Å². The molecule has 1 fully saturated rings. The van der Waals surface area contributed by atoms with Crippen LogP contribution in [0, 0.1) is 5.92 Å². The van der Waals surface area contributed by atoms with Gasteiger partial charge in [0, 0.05) is 12.6 Å². The van der Waals surface area contributed by atoms with Gasteiger partial charge in [-0.3, -0.25) is 4.79 Å². The molecule has 1 rings (SSSR count). The molecule has 0 aromatic carbocycles. The molecule has 1 heterocycles. The standard InChI is InChI=1S/C9H16N2O3/c1-6(8(12)13)7-4-2-3-5-11(7)9(10)14/h6-7H,2-5H2,1H3,(H2,10,14)(H,12,13). The zero-order chi connectivity index (χ0) is 10.7. The lowest BCUT2D eigenvalue weighted by molar-refractivity contribution is -0.143. The predicted molar refractivity (Wildman–Crippen MR) is 50.7 cm³/mol. The van der Waals surface area contributed by atoms with Crippen LogP contribution in [0.5, 0.6) is 0 Å². The topological polar surface area (TPSA) is 83.6 Å². The minimum absolute atomic E-state index is 0.237. The van der Waals surface area contributed by atoms with E-state index in [1.807, 2.05) is 0 Å². The average Bonchev–Trinajstić information content (AvgIpc) is 2.16. The van der Waals surface area contributed by atoms with Crippen LogP contribution in [0.15, 0.2) is 0 Å². The van der Waals surface area contributed by atoms with Crippen molar-refractivity contribution in [1.82, 2.24) is 4.90 Å². The summed E-state index contributed by atoms with van der Waals surface area (Å²) in [5, 5.41) is 8.86. The van der Waals surface area contributed by atoms with Gasteiger partial charge in [-0.05, 0) is 26.2 Å². The number of amides is 2. The Bertz CT molecular complexity index is 242. The van der Waals surface area contributed by atoms with Crippen LogP contribution in [0.2, 0.25) is 0 Å². The highest BCUT2D eigenvalue weighted by Gasteiger charge is 2.32. The fourth-order valence-electron chi connectivity index (χ4n) is 1.92. The van der Waals surface area contributed by atoms with Gasteiger partial charge in [0.05, 0.1) is 5.92 Å². The number of likely N-dealkylation sites (tertiary alicyclic amines) is 1. The van der Waals surface area contributed by atoms with E-state index in [0.717, 1.165) is 19.3 Å². The Morgan fingerprint density at radius 3 is 2.64 bits per heavy atom. The number of carboxylic acids is 1. The minimum Gasteiger partial charge on any atom is -0.481 e. The van der Waals surface area contributed by atoms with E-state index in [-0.39, 0.29) is 6.04 Å². The fourth-order valence-corrected chi connectivity index (χ4v) is 1.92. The van der Waals surface area contributed by atoms with Crippen LogP contribution in [0.3, 0.4) is 0 Å². The van der Waals surface area contributed by atoms with Crippen molar-refractivity contribution in [2.45, 2.75) is 32.2 Å². The number of hydrogen-bond acceptors (Lipinski definition) is 2. The monoisotopic (exact) mass is 200 g/mol. The average molecular weight is 200 g/mol. The molecule has 2 amide bonds. The molecule has 14 heavy (non-hydrogen) atoms. The molecule has 0 saturated carbocycles. The molecule has 2 unspecified atom stereocenters. The number of aliphatic carboxylic acids is 1. The number of primary amides is 1. The first kappa shape index (κ1) is 10.8. The Balaban J connectivity index is 2.72. The Morgan fingerprint density at radius 2 is 2.14 bits per heavy atom. The third-order valence-electron chi connectivity index (χ3n) is 2.80. The second-order valence-electron chi connectivity index (χ2n) is 3.72. The van der Waals surface area contributed by atoms with Crippen molar-refractivity contribution in [1.29, 1.82) is 0 Å². The molecule has 1 saturated heterocycles. The number of carbonyl (C=O) groups is 2. The normalized spacial score (nSPS) is 24.4. The summed E-state index contributed by atoms with van der Waals surface area (Å²) in [5.74, 6) is -1.41. The highest BCUT2D eigenvalue weighted by atomic mass is 16.4. The molecule has 0 spiro atoms. The van der Waals surface area contributed by atoms with E-state index in [2.05, 4.69) is 0 Å². The van der Waals surface area contributed by atoms with Crippen molar-refractivity contribution in [2.75, 3.05) is 6.54 Å². The highest BCUT2D eigenvalue weighted by molar-refractivity contribution is 5.75. The summed E-state index contributed by atoms with van der Waals surface area (Å²) < 4.78 is 0. The van der Waals surface area contributed by atoms with Crippen LogP contribution in [-0.4, -0.2) is 34.6 Å². The van der Waals surface area contributed by atoms with Gasteiger partial charge < -0.3 is 15.7 Å². The molecular weight excluding hydrogens is 184 g/mol. The zero-order valence-corrected chi connectivity index (χ0v) is 8.27. The van der Waals surface area contributed by atoms with Gasteiger partial charge in [-0.15, -0.1) is 0 Å². The summed E-state index contributed by atoms with van der Waals surface area (Å²) in [7, 11) is 0. The maximum Gasteiger partial charge on any atom is 0.315 e. The van der Waals surface area contributed by atoms with Crippen LogP contribution in [0.4, 0.5) is 4.79 Å². The Kier molecular flexibility index (Phi) is 3.33. The lowest BCUT2D eigenvalue weighted by atomic mass is 9.92. The third kappa shape index (κ3) is 2.16. The second kappa shape index (κ2) is 4.30. The summed E-state index contributed by atoms with van der Waals surface area (Å²) >= 11 is 0. The predicted octanol–water partition coefficient (Wildman–Crippen LogP) is 0.640. The van der Waals surface area contributed by atoms with E-state index in [0.29, 0.717) is 6.54 Å². The largest absolute Gasteiger partial charge is 0.481 e. The molecule has 0 radical (unpaired) electrons. The van der Waals surface area contributed by atoms with E-state index in [1.165, 1.54) is 4.90 Å². The minimum atomic E-state index is -0.872. The molecule has 0 aromatic rings. The molecule has 0 bridgehead atoms. The summed E-state index contributed by atoms with van der Waals surface area (Å²) in [6.07, 6.45) is 2.61. The SMILES string of the molecule is CC(C(=O)O)C1CCCCN1C(N)=O. The number of urea groups is 1. The highest BCUT2D eigenvalue weighted by Crippen LogP contribution is 2.23. The van der Waals surface area contributed by atoms with E-state index >= 15 is 0 Å². The first-order chi connectivity index (χ1) is 6.54. The number of nitrogens with two attached hydrogens (primary N) is 1. The van der Waals surface area contributed by atoms with Crippen molar-refractivity contribution in [3.63, 3.8) is 0 Å². The smallest absolute Gasteiger partial charge is 0.315 e. The van der Waals surface area contributed by atoms with Crippen molar-refractivity contribution in [3.8, 4) is 0 Å². The molecule has 80 valence electrons. The van der Waals surface area contributed by atoms with Gasteiger partial charge in [0.1, 0.15) is 0 Å². The number of rotatable bonds is 2. The van der Waals surface area contributed by atoms with E-state index in [9.17, 15) is 9.59 Å². The maximum atomic E-state index is 11.0. The van der Waals surface area contributed by atoms with Gasteiger partial charge in [-0.2, -0.15) is 0 Å². The van der Waals surface area contributed by atoms with Crippen molar-refractivity contribution in [2.24, 2.45) is 11.7 Å². The van der Waals surface area contributed by atoms with E-state index in [4.69, 9.17) is 10.8 Å². The Labute approximate surface area is 82.9 Å². The van der Waals surface area contributed by atoms with Crippen LogP contribution in [0.25, 0.3) is 0 Å². The van der Waals surface area contributed by atoms with E-state index in [1.54, 1.807) is 6.92 Å². The van der Waals surface area contributed by atoms with Gasteiger partial charge in [0.15, 0.2) is 0 Å². The van der Waals surface area contributed by atoms with Crippen LogP contribution in [-0.2, 0) is 4.79 Å². The first-order valence-electron chi connectivity index (χ1n) is 4.83. The summed E-state index contributed by atoms with van der Waals surface area (Å²) in [4.78, 5) is 23.3. The van der Waals surface area contributed by atoms with Gasteiger partial charge >= 0.3 is 12.0 Å². The van der Waals surface area contributed by atoms with Gasteiger partial charge in [-0.25, -0.2) is 4.79 Å². The van der Waals surface area contributed by atoms with Crippen molar-refractivity contribution >= 4 is 12.0 Å². The number of carboxylic acid groups (broad SMARTS) is 1. The van der Waals surface area contributed by atoms with Gasteiger partial charge in [0.2, 0.25) is 0 Å². The van der Waals surface area contributed by atoms with Crippen LogP contribution < -0.4 is 5.73 Å². The molecule has 0 aliphatic carbocycles. The lowest BCUT2D eigenvalue weighted by Crippen LogP contribution is -2.50. The number of nitrogens with zero attached hydrogens (tertiary/aromatic N) is 1. The Morgan fingerprint density at radius 1 is 1.50 bits per heavy atom. The molecule has 0 aromatic heterocycles. The number of hydrogen-bond donors (Lipinski definition) is 2. The summed E-state index contributed by atoms with van der Waals surface area (Å²) in [6.45, 7) is 2.20. The molecule has 1 aliphatic heterocycles. The molecule has 1 aliphatic rings. The zero-order valence-electron chi connectivity index (χ0n) is 8.27. The quantitative estimate of drug-likeness (QED) is 0.686. The van der Waals surface area contributed by atoms with Crippen molar-refractivity contribution in [3.05, 3.63) is 0 Å². The molecule has 3 N–H and O–H groups in total. The molecule has 2 atom stereocenters. The van der Waals surface area contributed by atoms with Gasteiger partial charge in [-0.1, -0.05) is 0 Å². The lowest BCUT2D eigenvalue weighted by Gasteiger charge is -2.36. The summed E-state index contributed by atoms with van der Waals surface area (Å²) in [5.41, 5.74) is 5.19. The second-order valence-corrected chi connectivity index (χ2v) is 3.72. The molecular formula is C9H16N2O3. The molecule has 5 nitrogen and oxygen atoms in total. The molecule has 5 heteroatoms. The fraction of sp³-hybridized carbons (Fsp3) is 0.778. The third-order valence-corrected chi connectivity index (χ3v) is 2.80. The Hall–Kier alpha value is -1.26. The van der Waals surface area contributed by atoms with Crippen LogP contribution >= 0.6 is 0 Å². The maximum absolute atomic E-state index is 11.0. The summed E-state index contributed by atoms with van der Waals surface area (Å²) in [6, 6.07) is -0.749. The van der Waals surface area contributed by atoms with Gasteiger partial charge in [0.25, 0.3) is 0 Å². The van der Waals surface area contributed by atoms with E-state index < -0.39 is 17.9 Å².